The highest BCUT2D eigenvalue weighted by molar-refractivity contribution is 6.22. The molecule has 0 saturated carbocycles. The van der Waals surface area contributed by atoms with Gasteiger partial charge in [0.15, 0.2) is 0 Å². The van der Waals surface area contributed by atoms with Crippen molar-refractivity contribution in [3.63, 3.8) is 0 Å². The number of phenols is 1. The summed E-state index contributed by atoms with van der Waals surface area (Å²) in [6.07, 6.45) is -6.00. The number of aromatic hydroxyl groups is 1. The van der Waals surface area contributed by atoms with E-state index in [0.717, 1.165) is 27.4 Å². The number of alkyl halides is 3. The zero-order valence-electron chi connectivity index (χ0n) is 29.3. The number of benzene rings is 4. The minimum absolute atomic E-state index is 0.0718. The quantitative estimate of drug-likeness (QED) is 0.0509. The van der Waals surface area contributed by atoms with E-state index in [4.69, 9.17) is 19.7 Å². The van der Waals surface area contributed by atoms with Crippen LogP contribution in [-0.4, -0.2) is 57.9 Å². The Labute approximate surface area is 308 Å². The average Bonchev–Trinajstić information content (AvgIpc) is 3.40. The number of aryl methyl sites for hydroxylation is 4. The second-order valence-corrected chi connectivity index (χ2v) is 12.0. The Hall–Kier alpha value is -7.17. The first kappa shape index (κ1) is 40.6. The lowest BCUT2D eigenvalue weighted by atomic mass is 9.98. The number of aliphatic carboxylic acids is 2. The Kier molecular flexibility index (Phi) is 12.0. The van der Waals surface area contributed by atoms with Crippen LogP contribution in [0, 0.1) is 20.8 Å². The highest BCUT2D eigenvalue weighted by Gasteiger charge is 2.30. The van der Waals surface area contributed by atoms with Gasteiger partial charge in [-0.25, -0.2) is 4.79 Å². The van der Waals surface area contributed by atoms with Gasteiger partial charge in [0.05, 0.1) is 27.5 Å². The first-order valence-corrected chi connectivity index (χ1v) is 15.9. The van der Waals surface area contributed by atoms with Crippen LogP contribution >= 0.6 is 0 Å². The van der Waals surface area contributed by atoms with Crippen LogP contribution in [0.2, 0.25) is 0 Å². The molecule has 4 amide bonds. The average molecular weight is 762 g/mol. The van der Waals surface area contributed by atoms with E-state index in [1.807, 2.05) is 61.0 Å². The Balaban J connectivity index is 0.000000288. The molecule has 6 rings (SSSR count). The molecule has 0 spiro atoms. The van der Waals surface area contributed by atoms with E-state index < -0.39 is 54.1 Å². The summed E-state index contributed by atoms with van der Waals surface area (Å²) < 4.78 is 39.5. The number of carboxylic acid groups (broad SMARTS) is 2. The maximum Gasteiger partial charge on any atom is 0.430 e. The van der Waals surface area contributed by atoms with E-state index >= 15 is 0 Å². The molecule has 14 nitrogen and oxygen atoms in total. The van der Waals surface area contributed by atoms with Crippen molar-refractivity contribution < 1.29 is 71.4 Å². The molecule has 0 unspecified atom stereocenters. The van der Waals surface area contributed by atoms with Gasteiger partial charge in [-0.15, -0.1) is 0 Å². The van der Waals surface area contributed by atoms with Gasteiger partial charge in [-0.1, -0.05) is 30.3 Å². The van der Waals surface area contributed by atoms with Gasteiger partial charge in [0.2, 0.25) is 16.9 Å². The molecule has 0 fully saturated rings. The number of carbonyl (C=O) groups excluding carboxylic acids is 6. The number of fused-ring (bicyclic) bond motifs is 3. The monoisotopic (exact) mass is 761 g/mol. The first-order chi connectivity index (χ1) is 25.7. The molecule has 4 aromatic carbocycles. The van der Waals surface area contributed by atoms with Crippen LogP contribution in [-0.2, 0) is 21.4 Å². The third-order valence-corrected chi connectivity index (χ3v) is 8.06. The molecule has 5 aromatic rings. The number of pyridine rings is 1. The minimum Gasteiger partial charge on any atom is -0.542 e. The molecule has 17 heteroatoms. The van der Waals surface area contributed by atoms with Crippen molar-refractivity contribution in [2.45, 2.75) is 33.4 Å². The normalized spacial score (nSPS) is 11.7. The number of para-hydroxylation sites is 1. The molecule has 0 radical (unpaired) electrons. The molecule has 0 saturated heterocycles. The van der Waals surface area contributed by atoms with Gasteiger partial charge in [-0.2, -0.15) is 17.7 Å². The van der Waals surface area contributed by atoms with Crippen molar-refractivity contribution in [2.24, 2.45) is 7.05 Å². The van der Waals surface area contributed by atoms with Gasteiger partial charge >= 0.3 is 18.1 Å². The summed E-state index contributed by atoms with van der Waals surface area (Å²) in [5.74, 6) is -7.33. The Morgan fingerprint density at radius 2 is 1.44 bits per heavy atom. The zero-order chi connectivity index (χ0) is 40.9. The zero-order valence-corrected chi connectivity index (χ0v) is 29.3. The standard InChI is InChI=1S/C28H24N2O6.C8H5NO3.C2HF3O2/c1-15-8-7-11-21-24(15)25(19-9-5-6-10-20(19)30(21)4)28(35)36-26-16(2)12-18(13-17(26)3)27(34)29-22(31)14-23(32)33;10-5-3-1-2-4-6(5)8(12)9-7(4)11;3-2(4,5)1(6)7/h5-13H,14H2,1-4H3,(H-,29,31,32,33,34);1-3,10H,(H,9,11,12);(H,6,7). The minimum atomic E-state index is -5.19. The number of nitrogens with one attached hydrogen (secondary N) is 2. The van der Waals surface area contributed by atoms with E-state index in [-0.39, 0.29) is 22.4 Å². The van der Waals surface area contributed by atoms with Crippen molar-refractivity contribution in [1.82, 2.24) is 10.6 Å². The summed E-state index contributed by atoms with van der Waals surface area (Å²) in [5, 5.41) is 32.4. The number of aromatic nitrogens is 1. The second kappa shape index (κ2) is 16.2. The molecule has 2 heterocycles. The maximum absolute atomic E-state index is 13.7. The largest absolute Gasteiger partial charge is 0.542 e. The van der Waals surface area contributed by atoms with Crippen molar-refractivity contribution in [3.8, 4) is 11.5 Å². The number of rotatable bonds is 5. The summed E-state index contributed by atoms with van der Waals surface area (Å²) in [6.45, 7) is 5.33. The van der Waals surface area contributed by atoms with Crippen LogP contribution in [0.15, 0.2) is 72.8 Å². The molecule has 1 aromatic heterocycles. The highest BCUT2D eigenvalue weighted by Crippen LogP contribution is 2.31. The number of imide groups is 2. The number of hydrogen-bond donors (Lipinski definition) is 4. The van der Waals surface area contributed by atoms with Crippen LogP contribution in [0.3, 0.4) is 0 Å². The van der Waals surface area contributed by atoms with Gasteiger partial charge < -0.3 is 24.9 Å². The topological polar surface area (TPSA) is 220 Å². The number of nitrogens with zero attached hydrogens (tertiary/aromatic N) is 1. The van der Waals surface area contributed by atoms with Crippen molar-refractivity contribution in [2.75, 3.05) is 0 Å². The Bertz CT molecular complexity index is 2420. The number of carboxylic acids is 2. The van der Waals surface area contributed by atoms with Crippen LogP contribution in [0.25, 0.3) is 21.8 Å². The van der Waals surface area contributed by atoms with Crippen LogP contribution in [0.1, 0.15) is 64.5 Å². The van der Waals surface area contributed by atoms with Crippen LogP contribution in [0.4, 0.5) is 13.2 Å². The lowest BCUT2D eigenvalue weighted by Crippen LogP contribution is -2.37. The third kappa shape index (κ3) is 9.08. The molecule has 1 aliphatic heterocycles. The van der Waals surface area contributed by atoms with Crippen molar-refractivity contribution >= 4 is 63.3 Å². The molecule has 284 valence electrons. The van der Waals surface area contributed by atoms with Crippen molar-refractivity contribution in [3.05, 3.63) is 112 Å². The Morgan fingerprint density at radius 1 is 0.855 bits per heavy atom. The summed E-state index contributed by atoms with van der Waals surface area (Å²) in [7, 11) is 1.96. The SMILES string of the molecule is Cc1cc(C(=O)NC(=O)CC(=O)O)cc(C)c1OC(=O)c1c2ccccc2[n+](C)c2cccc(C)c12.O=C([O-])C(F)(F)F.O=C1NC(=O)c2c(O)cccc21. The number of phenolic OH excluding ortho intramolecular Hbond substituents is 1. The number of carbonyl (C=O) groups is 7. The van der Waals surface area contributed by atoms with E-state index in [0.29, 0.717) is 22.4 Å². The van der Waals surface area contributed by atoms with Gasteiger partial charge in [0.25, 0.3) is 17.7 Å². The summed E-state index contributed by atoms with van der Waals surface area (Å²) in [4.78, 5) is 79.2. The highest BCUT2D eigenvalue weighted by atomic mass is 19.4. The molecule has 0 bridgehead atoms. The number of esters is 1. The van der Waals surface area contributed by atoms with Gasteiger partial charge in [-0.05, 0) is 67.8 Å². The molecule has 0 aliphatic carbocycles. The molecule has 1 aliphatic rings. The maximum atomic E-state index is 13.7. The lowest BCUT2D eigenvalue weighted by Gasteiger charge is -2.15. The number of halogens is 3. The van der Waals surface area contributed by atoms with E-state index in [1.165, 1.54) is 30.3 Å². The van der Waals surface area contributed by atoms with Crippen LogP contribution in [0.5, 0.6) is 11.5 Å². The molecule has 0 atom stereocenters. The summed E-state index contributed by atoms with van der Waals surface area (Å²) in [5.41, 5.74) is 4.67. The summed E-state index contributed by atoms with van der Waals surface area (Å²) in [6, 6.07) is 20.8. The molecular formula is C38H30F3N3O11. The van der Waals surface area contributed by atoms with Gasteiger partial charge in [0, 0.05) is 17.7 Å². The number of hydrogen-bond acceptors (Lipinski definition) is 10. The van der Waals surface area contributed by atoms with Gasteiger partial charge in [0.1, 0.15) is 30.9 Å². The third-order valence-electron chi connectivity index (χ3n) is 8.06. The van der Waals surface area contributed by atoms with Gasteiger partial charge in [-0.3, -0.25) is 34.6 Å². The summed E-state index contributed by atoms with van der Waals surface area (Å²) >= 11 is 0. The predicted octanol–water partition coefficient (Wildman–Crippen LogP) is 3.27. The predicted molar refractivity (Wildman–Crippen MR) is 184 cm³/mol. The fraction of sp³-hybridized carbons (Fsp3) is 0.158. The smallest absolute Gasteiger partial charge is 0.430 e. The van der Waals surface area contributed by atoms with Crippen molar-refractivity contribution in [1.29, 1.82) is 0 Å². The second-order valence-electron chi connectivity index (χ2n) is 12.0. The Morgan fingerprint density at radius 3 is 2.02 bits per heavy atom. The first-order valence-electron chi connectivity index (χ1n) is 15.9. The fourth-order valence-electron chi connectivity index (χ4n) is 5.68. The van der Waals surface area contributed by atoms with E-state index in [1.54, 1.807) is 13.8 Å². The number of amides is 4. The molecule has 4 N–H and O–H groups in total. The van der Waals surface area contributed by atoms with E-state index in [2.05, 4.69) is 10.6 Å². The fourth-order valence-corrected chi connectivity index (χ4v) is 5.68. The number of ether oxygens (including phenoxy) is 1. The molecular weight excluding hydrogens is 731 g/mol. The molecule has 55 heavy (non-hydrogen) atoms. The van der Waals surface area contributed by atoms with Crippen LogP contribution < -0.4 is 25.0 Å². The lowest BCUT2D eigenvalue weighted by molar-refractivity contribution is -0.617. The van der Waals surface area contributed by atoms with E-state index in [9.17, 15) is 47.0 Å².